The molecule has 0 aliphatic heterocycles. The first-order valence-electron chi connectivity index (χ1n) is 4.22. The third kappa shape index (κ3) is 4.33. The maximum absolute atomic E-state index is 5.60. The summed E-state index contributed by atoms with van der Waals surface area (Å²) in [6, 6.07) is 0.0769. The van der Waals surface area contributed by atoms with Crippen LogP contribution in [0.4, 0.5) is 0 Å². The van der Waals surface area contributed by atoms with E-state index < -0.39 is 0 Å². The summed E-state index contributed by atoms with van der Waals surface area (Å²) in [4.78, 5) is 0. The van der Waals surface area contributed by atoms with Gasteiger partial charge in [-0.3, -0.25) is 0 Å². The van der Waals surface area contributed by atoms with Crippen molar-refractivity contribution in [2.24, 2.45) is 5.73 Å². The average Bonchev–Trinajstić information content (AvgIpc) is 2.10. The molecule has 0 saturated heterocycles. The zero-order chi connectivity index (χ0) is 10.3. The van der Waals surface area contributed by atoms with Gasteiger partial charge in [0.05, 0.1) is 6.04 Å². The van der Waals surface area contributed by atoms with E-state index in [9.17, 15) is 0 Å². The van der Waals surface area contributed by atoms with Crippen molar-refractivity contribution in [2.75, 3.05) is 6.54 Å². The largest absolute Gasteiger partial charge is 0.381 e. The van der Waals surface area contributed by atoms with E-state index in [2.05, 4.69) is 25.1 Å². The van der Waals surface area contributed by atoms with E-state index in [0.29, 0.717) is 6.54 Å². The highest BCUT2D eigenvalue weighted by molar-refractivity contribution is 5.28. The summed E-state index contributed by atoms with van der Waals surface area (Å²) in [5, 5.41) is 3.16. The monoisotopic (exact) mass is 178 g/mol. The van der Waals surface area contributed by atoms with Crippen LogP contribution in [0, 0.1) is 0 Å². The second-order valence-corrected chi connectivity index (χ2v) is 2.82. The normalized spacial score (nSPS) is 13.2. The molecule has 0 aromatic carbocycles. The molecule has 0 radical (unpaired) electrons. The Hall–Kier alpha value is -1.28. The van der Waals surface area contributed by atoms with E-state index in [-0.39, 0.29) is 6.04 Å². The molecule has 0 bridgehead atoms. The van der Waals surface area contributed by atoms with Crippen LogP contribution >= 0.6 is 0 Å². The Morgan fingerprint density at radius 2 is 2.15 bits per heavy atom. The lowest BCUT2D eigenvalue weighted by atomic mass is 10.1. The van der Waals surface area contributed by atoms with Gasteiger partial charge < -0.3 is 11.1 Å². The summed E-state index contributed by atoms with van der Waals surface area (Å²) in [6.07, 6.45) is 5.38. The second-order valence-electron chi connectivity index (χ2n) is 2.82. The van der Waals surface area contributed by atoms with E-state index in [1.807, 2.05) is 13.0 Å². The van der Waals surface area contributed by atoms with Gasteiger partial charge in [0.25, 0.3) is 0 Å². The quantitative estimate of drug-likeness (QED) is 0.608. The lowest BCUT2D eigenvalue weighted by Crippen LogP contribution is -2.35. The van der Waals surface area contributed by atoms with E-state index in [4.69, 9.17) is 5.73 Å². The van der Waals surface area contributed by atoms with Crippen LogP contribution in [0.1, 0.15) is 6.92 Å². The molecule has 3 N–H and O–H groups in total. The van der Waals surface area contributed by atoms with Gasteiger partial charge in [-0.05, 0) is 12.5 Å². The summed E-state index contributed by atoms with van der Waals surface area (Å²) >= 11 is 0. The predicted octanol–water partition coefficient (Wildman–Crippen LogP) is 1.74. The van der Waals surface area contributed by atoms with Gasteiger partial charge >= 0.3 is 0 Å². The number of hydrogen-bond acceptors (Lipinski definition) is 2. The van der Waals surface area contributed by atoms with Gasteiger partial charge in [-0.25, -0.2) is 0 Å². The maximum Gasteiger partial charge on any atom is 0.0632 e. The Labute approximate surface area is 80.5 Å². The van der Waals surface area contributed by atoms with Gasteiger partial charge in [0, 0.05) is 12.2 Å². The third-order valence-electron chi connectivity index (χ3n) is 1.60. The molecule has 0 unspecified atom stereocenters. The molecule has 0 aromatic rings. The molecule has 0 fully saturated rings. The van der Waals surface area contributed by atoms with E-state index in [1.54, 1.807) is 12.2 Å². The zero-order valence-electron chi connectivity index (χ0n) is 8.22. The van der Waals surface area contributed by atoms with Gasteiger partial charge in [0.15, 0.2) is 0 Å². The van der Waals surface area contributed by atoms with E-state index >= 15 is 0 Å². The van der Waals surface area contributed by atoms with Gasteiger partial charge in [0.2, 0.25) is 0 Å². The van der Waals surface area contributed by atoms with Crippen molar-refractivity contribution in [3.63, 3.8) is 0 Å². The fourth-order valence-electron chi connectivity index (χ4n) is 1.04. The molecule has 0 spiro atoms. The van der Waals surface area contributed by atoms with Crippen molar-refractivity contribution in [2.45, 2.75) is 13.0 Å². The molecular formula is C11H18N2. The molecule has 2 heteroatoms. The Morgan fingerprint density at radius 1 is 1.54 bits per heavy atom. The molecule has 72 valence electrons. The van der Waals surface area contributed by atoms with Crippen LogP contribution in [-0.4, -0.2) is 12.6 Å². The zero-order valence-corrected chi connectivity index (χ0v) is 8.22. The number of rotatable bonds is 6. The van der Waals surface area contributed by atoms with Gasteiger partial charge in [-0.2, -0.15) is 0 Å². The van der Waals surface area contributed by atoms with Gasteiger partial charge in [0.1, 0.15) is 0 Å². The lowest BCUT2D eigenvalue weighted by Gasteiger charge is -2.18. The van der Waals surface area contributed by atoms with Crippen molar-refractivity contribution in [3.8, 4) is 0 Å². The lowest BCUT2D eigenvalue weighted by molar-refractivity contribution is 0.659. The summed E-state index contributed by atoms with van der Waals surface area (Å²) in [5.74, 6) is 0. The molecule has 0 aliphatic rings. The highest BCUT2D eigenvalue weighted by Gasteiger charge is 2.07. The molecule has 0 rings (SSSR count). The maximum atomic E-state index is 5.60. The molecule has 0 saturated carbocycles. The molecular weight excluding hydrogens is 160 g/mol. The molecule has 1 atom stereocenters. The third-order valence-corrected chi connectivity index (χ3v) is 1.60. The van der Waals surface area contributed by atoms with Crippen LogP contribution in [-0.2, 0) is 0 Å². The van der Waals surface area contributed by atoms with Crippen molar-refractivity contribution < 1.29 is 0 Å². The summed E-state index contributed by atoms with van der Waals surface area (Å²) in [6.45, 7) is 13.5. The van der Waals surface area contributed by atoms with E-state index in [0.717, 1.165) is 11.3 Å². The van der Waals surface area contributed by atoms with Crippen LogP contribution in [0.15, 0.2) is 49.2 Å². The van der Waals surface area contributed by atoms with Crippen LogP contribution in [0.3, 0.4) is 0 Å². The van der Waals surface area contributed by atoms with Crippen LogP contribution in [0.5, 0.6) is 0 Å². The first kappa shape index (κ1) is 11.7. The number of allylic oxidation sites excluding steroid dienone is 3. The standard InChI is InChI=1S/C11H18N2/c1-5-7-10(6-2)11(8-12)13-9(3)4/h5-7,11,13H,1-3,8,12H2,4H3/b10-7+/t11-/m1/s1. The topological polar surface area (TPSA) is 38.0 Å². The van der Waals surface area contributed by atoms with Crippen LogP contribution < -0.4 is 11.1 Å². The highest BCUT2D eigenvalue weighted by atomic mass is 14.9. The summed E-state index contributed by atoms with van der Waals surface area (Å²) in [7, 11) is 0. The Morgan fingerprint density at radius 3 is 2.46 bits per heavy atom. The minimum absolute atomic E-state index is 0.0769. The number of nitrogens with two attached hydrogens (primary N) is 1. The first-order chi connectivity index (χ1) is 6.15. The molecule has 0 amide bonds. The van der Waals surface area contributed by atoms with Crippen molar-refractivity contribution in [3.05, 3.63) is 49.2 Å². The fraction of sp³-hybridized carbons (Fsp3) is 0.273. The molecule has 0 aliphatic carbocycles. The molecule has 0 heterocycles. The Kier molecular flexibility index (Phi) is 5.64. The van der Waals surface area contributed by atoms with Crippen LogP contribution in [0.2, 0.25) is 0 Å². The Balaban J connectivity index is 4.51. The molecule has 0 aromatic heterocycles. The van der Waals surface area contributed by atoms with Gasteiger partial charge in [-0.15, -0.1) is 0 Å². The fourth-order valence-corrected chi connectivity index (χ4v) is 1.04. The highest BCUT2D eigenvalue weighted by Crippen LogP contribution is 2.04. The number of hydrogen-bond donors (Lipinski definition) is 2. The van der Waals surface area contributed by atoms with Crippen molar-refractivity contribution >= 4 is 0 Å². The molecule has 2 nitrogen and oxygen atoms in total. The Bertz CT molecular complexity index is 226. The van der Waals surface area contributed by atoms with Crippen LogP contribution in [0.25, 0.3) is 0 Å². The van der Waals surface area contributed by atoms with Gasteiger partial charge in [-0.1, -0.05) is 38.0 Å². The van der Waals surface area contributed by atoms with Crippen molar-refractivity contribution in [1.82, 2.24) is 5.32 Å². The minimum Gasteiger partial charge on any atom is -0.381 e. The molecule has 13 heavy (non-hydrogen) atoms. The predicted molar refractivity (Wildman–Crippen MR) is 59.3 cm³/mol. The summed E-state index contributed by atoms with van der Waals surface area (Å²) in [5.41, 5.74) is 7.53. The summed E-state index contributed by atoms with van der Waals surface area (Å²) < 4.78 is 0. The van der Waals surface area contributed by atoms with E-state index in [1.165, 1.54) is 0 Å². The SMILES string of the molecule is C=C/C=C(\C=C)[C@@H](CN)NC(=C)C. The minimum atomic E-state index is 0.0769. The average molecular weight is 178 g/mol. The van der Waals surface area contributed by atoms with Crippen molar-refractivity contribution in [1.29, 1.82) is 0 Å². The number of nitrogens with one attached hydrogen (secondary N) is 1. The smallest absolute Gasteiger partial charge is 0.0632 e. The second kappa shape index (κ2) is 6.26. The first-order valence-corrected chi connectivity index (χ1v) is 4.22.